The van der Waals surface area contributed by atoms with Gasteiger partial charge >= 0.3 is 0 Å². The standard InChI is InChI=1S/C23H20N2O2S/c1-17-15-21-22(16-18(17)2)25(28(26,27)20-11-7-4-8-12-20)23(24-21)14-13-19-9-5-3-6-10-19/h3-16H,1-2H3/b14-13+. The van der Waals surface area contributed by atoms with E-state index in [4.69, 9.17) is 0 Å². The molecule has 0 bridgehead atoms. The molecular formula is C23H20N2O2S. The first-order valence-corrected chi connectivity index (χ1v) is 10.4. The second kappa shape index (κ2) is 7.09. The first-order valence-electron chi connectivity index (χ1n) is 9.00. The lowest BCUT2D eigenvalue weighted by Crippen LogP contribution is -2.14. The van der Waals surface area contributed by atoms with Crippen molar-refractivity contribution in [3.05, 3.63) is 95.3 Å². The SMILES string of the molecule is Cc1cc2nc(/C=C/c3ccccc3)n(S(=O)(=O)c3ccccc3)c2cc1C. The van der Waals surface area contributed by atoms with Gasteiger partial charge in [-0.3, -0.25) is 0 Å². The van der Waals surface area contributed by atoms with Crippen LogP contribution >= 0.6 is 0 Å². The minimum atomic E-state index is -3.78. The molecule has 0 atom stereocenters. The van der Waals surface area contributed by atoms with E-state index < -0.39 is 10.0 Å². The fourth-order valence-electron chi connectivity index (χ4n) is 3.12. The first-order chi connectivity index (χ1) is 13.5. The highest BCUT2D eigenvalue weighted by molar-refractivity contribution is 7.90. The molecule has 0 saturated heterocycles. The third-order valence-electron chi connectivity index (χ3n) is 4.76. The Bertz CT molecular complexity index is 1270. The lowest BCUT2D eigenvalue weighted by Gasteiger charge is -2.10. The van der Waals surface area contributed by atoms with Crippen molar-refractivity contribution in [3.8, 4) is 0 Å². The van der Waals surface area contributed by atoms with E-state index >= 15 is 0 Å². The van der Waals surface area contributed by atoms with Crippen molar-refractivity contribution < 1.29 is 8.42 Å². The zero-order valence-electron chi connectivity index (χ0n) is 15.7. The van der Waals surface area contributed by atoms with Crippen LogP contribution in [0.25, 0.3) is 23.2 Å². The fraction of sp³-hybridized carbons (Fsp3) is 0.0870. The van der Waals surface area contributed by atoms with Crippen LogP contribution < -0.4 is 0 Å². The summed E-state index contributed by atoms with van der Waals surface area (Å²) in [4.78, 5) is 4.86. The van der Waals surface area contributed by atoms with Gasteiger partial charge in [0.25, 0.3) is 10.0 Å². The van der Waals surface area contributed by atoms with Crippen LogP contribution in [0.1, 0.15) is 22.5 Å². The molecule has 4 rings (SSSR count). The predicted molar refractivity (Wildman–Crippen MR) is 114 cm³/mol. The molecule has 0 spiro atoms. The molecule has 0 saturated carbocycles. The minimum Gasteiger partial charge on any atom is -0.228 e. The highest BCUT2D eigenvalue weighted by Crippen LogP contribution is 2.26. The molecular weight excluding hydrogens is 368 g/mol. The molecule has 140 valence electrons. The molecule has 0 amide bonds. The van der Waals surface area contributed by atoms with Gasteiger partial charge in [-0.2, -0.15) is 0 Å². The molecule has 0 unspecified atom stereocenters. The number of aromatic nitrogens is 2. The Morgan fingerprint density at radius 2 is 1.43 bits per heavy atom. The van der Waals surface area contributed by atoms with Crippen LogP contribution in [0, 0.1) is 13.8 Å². The number of imidazole rings is 1. The molecule has 3 aromatic carbocycles. The molecule has 0 N–H and O–H groups in total. The maximum absolute atomic E-state index is 13.4. The largest absolute Gasteiger partial charge is 0.269 e. The van der Waals surface area contributed by atoms with E-state index in [0.717, 1.165) is 16.7 Å². The third kappa shape index (κ3) is 3.25. The summed E-state index contributed by atoms with van der Waals surface area (Å²) >= 11 is 0. The minimum absolute atomic E-state index is 0.238. The molecule has 0 fully saturated rings. The number of hydrogen-bond donors (Lipinski definition) is 0. The Hall–Kier alpha value is -3.18. The van der Waals surface area contributed by atoms with Crippen LogP contribution in [0.5, 0.6) is 0 Å². The second-order valence-electron chi connectivity index (χ2n) is 6.72. The Balaban J connectivity index is 1.97. The summed E-state index contributed by atoms with van der Waals surface area (Å²) in [7, 11) is -3.78. The predicted octanol–water partition coefficient (Wildman–Crippen LogP) is 5.06. The first kappa shape index (κ1) is 18.2. The second-order valence-corrected chi connectivity index (χ2v) is 8.51. The normalized spacial score (nSPS) is 12.1. The molecule has 0 aliphatic rings. The molecule has 5 heteroatoms. The fourth-order valence-corrected chi connectivity index (χ4v) is 4.59. The van der Waals surface area contributed by atoms with E-state index in [1.165, 1.54) is 3.97 Å². The topological polar surface area (TPSA) is 52.0 Å². The molecule has 1 aromatic heterocycles. The van der Waals surface area contributed by atoms with Crippen LogP contribution in [0.15, 0.2) is 77.7 Å². The third-order valence-corrected chi connectivity index (χ3v) is 6.49. The van der Waals surface area contributed by atoms with Crippen molar-refractivity contribution in [2.45, 2.75) is 18.7 Å². The van der Waals surface area contributed by atoms with Crippen molar-refractivity contribution in [2.24, 2.45) is 0 Å². The van der Waals surface area contributed by atoms with Crippen LogP contribution in [-0.2, 0) is 10.0 Å². The van der Waals surface area contributed by atoms with Gasteiger partial charge in [-0.15, -0.1) is 0 Å². The summed E-state index contributed by atoms with van der Waals surface area (Å²) in [5.41, 5.74) is 4.32. The molecule has 4 nitrogen and oxygen atoms in total. The lowest BCUT2D eigenvalue weighted by molar-refractivity contribution is 0.588. The van der Waals surface area contributed by atoms with Crippen molar-refractivity contribution in [3.63, 3.8) is 0 Å². The maximum Gasteiger partial charge on any atom is 0.269 e. The van der Waals surface area contributed by atoms with Gasteiger partial charge in [0.2, 0.25) is 0 Å². The Labute approximate surface area is 164 Å². The van der Waals surface area contributed by atoms with E-state index in [2.05, 4.69) is 4.98 Å². The van der Waals surface area contributed by atoms with Crippen LogP contribution in [0.3, 0.4) is 0 Å². The average molecular weight is 388 g/mol. The number of rotatable bonds is 4. The van der Waals surface area contributed by atoms with E-state index in [1.807, 2.05) is 62.4 Å². The van der Waals surface area contributed by atoms with E-state index in [1.54, 1.807) is 36.4 Å². The van der Waals surface area contributed by atoms with Crippen molar-refractivity contribution in [2.75, 3.05) is 0 Å². The molecule has 0 radical (unpaired) electrons. The van der Waals surface area contributed by atoms with Gasteiger partial charge in [-0.05, 0) is 60.9 Å². The monoisotopic (exact) mass is 388 g/mol. The number of fused-ring (bicyclic) bond motifs is 1. The van der Waals surface area contributed by atoms with Gasteiger partial charge in [0.15, 0.2) is 0 Å². The Morgan fingerprint density at radius 1 is 0.821 bits per heavy atom. The summed E-state index contributed by atoms with van der Waals surface area (Å²) in [6.07, 6.45) is 3.62. The average Bonchev–Trinajstić information content (AvgIpc) is 3.06. The van der Waals surface area contributed by atoms with Crippen molar-refractivity contribution in [1.29, 1.82) is 0 Å². The Morgan fingerprint density at radius 3 is 2.11 bits per heavy atom. The molecule has 0 aliphatic heterocycles. The summed E-state index contributed by atoms with van der Waals surface area (Å²) in [5, 5.41) is 0. The van der Waals surface area contributed by atoms with Gasteiger partial charge in [-0.25, -0.2) is 17.4 Å². The quantitative estimate of drug-likeness (QED) is 0.491. The smallest absolute Gasteiger partial charge is 0.228 e. The van der Waals surface area contributed by atoms with E-state index in [0.29, 0.717) is 16.9 Å². The summed E-state index contributed by atoms with van der Waals surface area (Å²) in [5.74, 6) is 0.382. The zero-order chi connectivity index (χ0) is 19.7. The van der Waals surface area contributed by atoms with Gasteiger partial charge in [0, 0.05) is 0 Å². The summed E-state index contributed by atoms with van der Waals surface area (Å²) in [6, 6.07) is 22.0. The zero-order valence-corrected chi connectivity index (χ0v) is 16.5. The van der Waals surface area contributed by atoms with E-state index in [9.17, 15) is 8.42 Å². The molecule has 28 heavy (non-hydrogen) atoms. The number of nitrogens with zero attached hydrogens (tertiary/aromatic N) is 2. The molecule has 4 aromatic rings. The van der Waals surface area contributed by atoms with Gasteiger partial charge < -0.3 is 0 Å². The van der Waals surface area contributed by atoms with Crippen LogP contribution in [0.2, 0.25) is 0 Å². The lowest BCUT2D eigenvalue weighted by atomic mass is 10.1. The van der Waals surface area contributed by atoms with Gasteiger partial charge in [0.1, 0.15) is 5.82 Å². The molecule has 0 aliphatic carbocycles. The summed E-state index contributed by atoms with van der Waals surface area (Å²) in [6.45, 7) is 3.97. The van der Waals surface area contributed by atoms with Crippen molar-refractivity contribution in [1.82, 2.24) is 8.96 Å². The van der Waals surface area contributed by atoms with E-state index in [-0.39, 0.29) is 4.90 Å². The van der Waals surface area contributed by atoms with Gasteiger partial charge in [-0.1, -0.05) is 54.6 Å². The number of hydrogen-bond acceptors (Lipinski definition) is 3. The van der Waals surface area contributed by atoms with Crippen LogP contribution in [0.4, 0.5) is 0 Å². The maximum atomic E-state index is 13.4. The van der Waals surface area contributed by atoms with Crippen LogP contribution in [-0.4, -0.2) is 17.4 Å². The van der Waals surface area contributed by atoms with Gasteiger partial charge in [0.05, 0.1) is 15.9 Å². The number of aryl methyl sites for hydroxylation is 2. The number of benzene rings is 3. The summed E-state index contributed by atoms with van der Waals surface area (Å²) < 4.78 is 28.2. The highest BCUT2D eigenvalue weighted by atomic mass is 32.2. The highest BCUT2D eigenvalue weighted by Gasteiger charge is 2.23. The van der Waals surface area contributed by atoms with Crippen molar-refractivity contribution >= 4 is 33.2 Å². The Kier molecular flexibility index (Phi) is 4.61. The molecule has 1 heterocycles.